The molecule has 0 spiro atoms. The number of fused-ring (bicyclic) bond motifs is 5. The maximum Gasteiger partial charge on any atom is 0.240 e. The van der Waals surface area contributed by atoms with E-state index in [1.807, 2.05) is 17.5 Å². The maximum atomic E-state index is 12.5. The molecule has 3 aliphatic rings. The highest BCUT2D eigenvalue weighted by Crippen LogP contribution is 2.65. The summed E-state index contributed by atoms with van der Waals surface area (Å²) < 4.78 is 2.29. The molecule has 23 heavy (non-hydrogen) atoms. The van der Waals surface area contributed by atoms with Crippen LogP contribution in [0.5, 0.6) is 0 Å². The highest BCUT2D eigenvalue weighted by molar-refractivity contribution is 7.71. The number of nitrogens with one attached hydrogen (secondary N) is 2. The molecule has 1 amide bonds. The van der Waals surface area contributed by atoms with Crippen LogP contribution in [0, 0.1) is 28.4 Å². The van der Waals surface area contributed by atoms with Crippen LogP contribution in [-0.4, -0.2) is 26.7 Å². The Morgan fingerprint density at radius 2 is 2.22 bits per heavy atom. The molecule has 0 saturated heterocycles. The van der Waals surface area contributed by atoms with Crippen molar-refractivity contribution in [2.24, 2.45) is 23.7 Å². The zero-order valence-electron chi connectivity index (χ0n) is 12.6. The molecule has 4 atom stereocenters. The van der Waals surface area contributed by atoms with Gasteiger partial charge >= 0.3 is 0 Å². The van der Waals surface area contributed by atoms with Gasteiger partial charge in [-0.2, -0.15) is 5.10 Å². The first-order chi connectivity index (χ1) is 11.2. The summed E-state index contributed by atoms with van der Waals surface area (Å²) in [5.41, 5.74) is 0. The summed E-state index contributed by atoms with van der Waals surface area (Å²) in [6.07, 6.45) is 4.14. The Labute approximate surface area is 143 Å². The monoisotopic (exact) mass is 346 g/mol. The molecule has 0 radical (unpaired) electrons. The standard InChI is InChI=1S/C16H18N4OS2/c21-11(17-14-12-8-3-4-9(6-8)13(12)14)7-20-15(18-19-16(20)22)10-2-1-5-23-10/h1-2,5,8-9,12-14H,3-4,6-7H2,(H,17,21)(H,19,22)/t8-,9-,12+,13+/m0/s1. The van der Waals surface area contributed by atoms with E-state index in [2.05, 4.69) is 15.5 Å². The normalized spacial score (nSPS) is 33.7. The van der Waals surface area contributed by atoms with E-state index in [4.69, 9.17) is 12.2 Å². The lowest BCUT2D eigenvalue weighted by Gasteiger charge is -2.11. The zero-order chi connectivity index (χ0) is 15.6. The van der Waals surface area contributed by atoms with Crippen molar-refractivity contribution >= 4 is 29.5 Å². The van der Waals surface area contributed by atoms with Gasteiger partial charge in [-0.3, -0.25) is 14.5 Å². The van der Waals surface area contributed by atoms with Gasteiger partial charge in [-0.25, -0.2) is 0 Å². The maximum absolute atomic E-state index is 12.5. The highest BCUT2D eigenvalue weighted by Gasteiger charge is 2.65. The minimum atomic E-state index is 0.0547. The first kappa shape index (κ1) is 13.9. The lowest BCUT2D eigenvalue weighted by molar-refractivity contribution is -0.122. The van der Waals surface area contributed by atoms with Crippen LogP contribution >= 0.6 is 23.6 Å². The average molecular weight is 346 g/mol. The largest absolute Gasteiger partial charge is 0.351 e. The fourth-order valence-corrected chi connectivity index (χ4v) is 5.87. The van der Waals surface area contributed by atoms with Crippen LogP contribution in [0.4, 0.5) is 0 Å². The molecule has 2 aromatic heterocycles. The Kier molecular flexibility index (Phi) is 3.03. The topological polar surface area (TPSA) is 62.7 Å². The average Bonchev–Trinajstić information content (AvgIpc) is 3.07. The SMILES string of the molecule is O=C(Cn1c(-c2cccs2)n[nH]c1=S)NC1[C@@H]2[C@H]3CC[C@@H](C3)[C@@H]12. The van der Waals surface area contributed by atoms with Crippen molar-refractivity contribution in [3.8, 4) is 10.7 Å². The van der Waals surface area contributed by atoms with E-state index >= 15 is 0 Å². The van der Waals surface area contributed by atoms with E-state index in [1.165, 1.54) is 19.3 Å². The third-order valence-electron chi connectivity index (χ3n) is 5.86. The van der Waals surface area contributed by atoms with Gasteiger partial charge in [0.1, 0.15) is 6.54 Å². The molecule has 2 bridgehead atoms. The van der Waals surface area contributed by atoms with Gasteiger partial charge in [0.25, 0.3) is 0 Å². The number of nitrogens with zero attached hydrogens (tertiary/aromatic N) is 2. The van der Waals surface area contributed by atoms with E-state index in [0.29, 0.717) is 10.8 Å². The summed E-state index contributed by atoms with van der Waals surface area (Å²) in [4.78, 5) is 13.5. The van der Waals surface area contributed by atoms with Crippen molar-refractivity contribution < 1.29 is 4.79 Å². The van der Waals surface area contributed by atoms with Crippen LogP contribution in [0.1, 0.15) is 19.3 Å². The fraction of sp³-hybridized carbons (Fsp3) is 0.562. The zero-order valence-corrected chi connectivity index (χ0v) is 14.2. The predicted octanol–water partition coefficient (Wildman–Crippen LogP) is 2.83. The minimum Gasteiger partial charge on any atom is -0.351 e. The van der Waals surface area contributed by atoms with Crippen LogP contribution in [0.25, 0.3) is 10.7 Å². The number of carbonyl (C=O) groups is 1. The summed E-state index contributed by atoms with van der Waals surface area (Å²) in [6.45, 7) is 0.244. The molecule has 7 heteroatoms. The number of rotatable bonds is 4. The second-order valence-corrected chi connectivity index (χ2v) is 8.33. The first-order valence-corrected chi connectivity index (χ1v) is 9.49. The number of hydrogen-bond acceptors (Lipinski definition) is 4. The molecule has 2 N–H and O–H groups in total. The highest BCUT2D eigenvalue weighted by atomic mass is 32.1. The smallest absolute Gasteiger partial charge is 0.240 e. The predicted molar refractivity (Wildman–Crippen MR) is 90.5 cm³/mol. The molecule has 3 aliphatic carbocycles. The Morgan fingerprint density at radius 1 is 1.43 bits per heavy atom. The summed E-state index contributed by atoms with van der Waals surface area (Å²) in [6, 6.07) is 4.39. The van der Waals surface area contributed by atoms with Crippen LogP contribution in [0.15, 0.2) is 17.5 Å². The number of carbonyl (C=O) groups excluding carboxylic acids is 1. The van der Waals surface area contributed by atoms with Crippen molar-refractivity contribution in [3.63, 3.8) is 0 Å². The van der Waals surface area contributed by atoms with Gasteiger partial charge in [-0.1, -0.05) is 6.07 Å². The third-order valence-corrected chi connectivity index (χ3v) is 7.04. The molecule has 2 aromatic rings. The van der Waals surface area contributed by atoms with Gasteiger partial charge in [0.05, 0.1) is 4.88 Å². The minimum absolute atomic E-state index is 0.0547. The molecule has 0 aromatic carbocycles. The number of aromatic amines is 1. The van der Waals surface area contributed by atoms with Crippen molar-refractivity contribution in [1.82, 2.24) is 20.1 Å². The van der Waals surface area contributed by atoms with E-state index in [-0.39, 0.29) is 12.5 Å². The van der Waals surface area contributed by atoms with Crippen molar-refractivity contribution in [1.29, 1.82) is 0 Å². The van der Waals surface area contributed by atoms with E-state index in [0.717, 1.165) is 34.4 Å². The van der Waals surface area contributed by atoms with Crippen LogP contribution in [-0.2, 0) is 11.3 Å². The molecule has 5 rings (SSSR count). The Morgan fingerprint density at radius 3 is 2.91 bits per heavy atom. The van der Waals surface area contributed by atoms with E-state index in [9.17, 15) is 4.79 Å². The quantitative estimate of drug-likeness (QED) is 0.837. The number of aromatic nitrogens is 3. The molecule has 2 heterocycles. The summed E-state index contributed by atoms with van der Waals surface area (Å²) >= 11 is 6.89. The van der Waals surface area contributed by atoms with Crippen LogP contribution < -0.4 is 5.32 Å². The lowest BCUT2D eigenvalue weighted by Crippen LogP contribution is -2.33. The number of amides is 1. The number of H-pyrrole nitrogens is 1. The molecule has 3 saturated carbocycles. The summed E-state index contributed by atoms with van der Waals surface area (Å²) in [5, 5.41) is 12.3. The van der Waals surface area contributed by atoms with Crippen molar-refractivity contribution in [2.45, 2.75) is 31.8 Å². The van der Waals surface area contributed by atoms with Crippen molar-refractivity contribution in [2.75, 3.05) is 0 Å². The Hall–Kier alpha value is -1.47. The molecule has 0 unspecified atom stereocenters. The molecular formula is C16H18N4OS2. The van der Waals surface area contributed by atoms with Gasteiger partial charge in [0, 0.05) is 6.04 Å². The van der Waals surface area contributed by atoms with E-state index in [1.54, 1.807) is 15.9 Å². The van der Waals surface area contributed by atoms with E-state index < -0.39 is 0 Å². The molecule has 3 fully saturated rings. The van der Waals surface area contributed by atoms with Gasteiger partial charge in [-0.15, -0.1) is 11.3 Å². The van der Waals surface area contributed by atoms with Gasteiger partial charge in [-0.05, 0) is 66.6 Å². The summed E-state index contributed by atoms with van der Waals surface area (Å²) in [7, 11) is 0. The molecule has 120 valence electrons. The van der Waals surface area contributed by atoms with Gasteiger partial charge < -0.3 is 5.32 Å². The van der Waals surface area contributed by atoms with Crippen LogP contribution in [0.2, 0.25) is 0 Å². The lowest BCUT2D eigenvalue weighted by atomic mass is 10.0. The number of thiophene rings is 1. The first-order valence-electron chi connectivity index (χ1n) is 8.21. The van der Waals surface area contributed by atoms with Crippen LogP contribution in [0.3, 0.4) is 0 Å². The third kappa shape index (κ3) is 2.13. The fourth-order valence-electron chi connectivity index (χ4n) is 4.95. The van der Waals surface area contributed by atoms with Gasteiger partial charge in [0.15, 0.2) is 10.6 Å². The van der Waals surface area contributed by atoms with Crippen molar-refractivity contribution in [3.05, 3.63) is 22.3 Å². The van der Waals surface area contributed by atoms with Gasteiger partial charge in [0.2, 0.25) is 5.91 Å². The summed E-state index contributed by atoms with van der Waals surface area (Å²) in [5.74, 6) is 4.05. The second-order valence-electron chi connectivity index (χ2n) is 7.00. The second kappa shape index (κ2) is 5.01. The molecule has 5 nitrogen and oxygen atoms in total. The molecular weight excluding hydrogens is 328 g/mol. The number of hydrogen-bond donors (Lipinski definition) is 2. The Balaban J connectivity index is 1.30. The Bertz CT molecular complexity index is 792. The molecule has 0 aliphatic heterocycles.